The molecule has 0 saturated carbocycles. The lowest BCUT2D eigenvalue weighted by molar-refractivity contribution is -0.131. The first kappa shape index (κ1) is 15.3. The van der Waals surface area contributed by atoms with E-state index in [0.717, 1.165) is 16.1 Å². The Kier molecular flexibility index (Phi) is 5.11. The Balaban J connectivity index is 2.20. The Hall–Kier alpha value is -2.14. The van der Waals surface area contributed by atoms with E-state index in [9.17, 15) is 9.18 Å². The molecule has 0 aliphatic carbocycles. The average molecular weight is 351 g/mol. The predicted molar refractivity (Wildman–Crippen MR) is 81.5 cm³/mol. The molecule has 0 aliphatic rings. The van der Waals surface area contributed by atoms with Crippen LogP contribution in [0.4, 0.5) is 4.39 Å². The second-order valence-electron chi connectivity index (χ2n) is 4.23. The largest absolute Gasteiger partial charge is 0.488 e. The van der Waals surface area contributed by atoms with Crippen LogP contribution in [0.25, 0.3) is 6.08 Å². The Morgan fingerprint density at radius 2 is 2.05 bits per heavy atom. The maximum Gasteiger partial charge on any atom is 0.328 e. The van der Waals surface area contributed by atoms with E-state index in [0.29, 0.717) is 17.9 Å². The van der Waals surface area contributed by atoms with Gasteiger partial charge in [0.05, 0.1) is 0 Å². The summed E-state index contributed by atoms with van der Waals surface area (Å²) < 4.78 is 19.8. The molecule has 0 aliphatic heterocycles. The maximum atomic E-state index is 13.3. The van der Waals surface area contributed by atoms with Gasteiger partial charge in [-0.2, -0.15) is 0 Å². The van der Waals surface area contributed by atoms with E-state index in [1.807, 2.05) is 24.3 Å². The Morgan fingerprint density at radius 1 is 1.29 bits per heavy atom. The number of carbonyl (C=O) groups is 1. The highest BCUT2D eigenvalue weighted by atomic mass is 79.9. The molecule has 0 bridgehead atoms. The van der Waals surface area contributed by atoms with Gasteiger partial charge in [-0.05, 0) is 30.3 Å². The number of rotatable bonds is 5. The molecule has 0 aromatic heterocycles. The first-order valence-corrected chi connectivity index (χ1v) is 6.92. The van der Waals surface area contributed by atoms with Gasteiger partial charge in [0, 0.05) is 21.7 Å². The zero-order valence-electron chi connectivity index (χ0n) is 10.9. The van der Waals surface area contributed by atoms with Crippen LogP contribution in [0, 0.1) is 5.82 Å². The molecule has 0 spiro atoms. The van der Waals surface area contributed by atoms with Crippen molar-refractivity contribution in [2.75, 3.05) is 0 Å². The van der Waals surface area contributed by atoms with Gasteiger partial charge in [-0.15, -0.1) is 0 Å². The van der Waals surface area contributed by atoms with Crippen molar-refractivity contribution >= 4 is 28.0 Å². The van der Waals surface area contributed by atoms with Crippen molar-refractivity contribution in [2.45, 2.75) is 6.61 Å². The van der Waals surface area contributed by atoms with Gasteiger partial charge in [-0.1, -0.05) is 34.1 Å². The third-order valence-corrected chi connectivity index (χ3v) is 3.49. The number of ether oxygens (including phenoxy) is 1. The van der Waals surface area contributed by atoms with Crippen LogP contribution in [-0.2, 0) is 11.4 Å². The second kappa shape index (κ2) is 7.04. The van der Waals surface area contributed by atoms with Crippen LogP contribution in [0.5, 0.6) is 5.75 Å². The lowest BCUT2D eigenvalue weighted by Crippen LogP contribution is -1.98. The molecule has 0 radical (unpaired) electrons. The van der Waals surface area contributed by atoms with Crippen LogP contribution in [0.15, 0.2) is 53.0 Å². The lowest BCUT2D eigenvalue weighted by Gasteiger charge is -2.10. The van der Waals surface area contributed by atoms with E-state index >= 15 is 0 Å². The van der Waals surface area contributed by atoms with Crippen molar-refractivity contribution < 1.29 is 19.0 Å². The predicted octanol–water partition coefficient (Wildman–Crippen LogP) is 4.27. The molecule has 2 rings (SSSR count). The quantitative estimate of drug-likeness (QED) is 0.819. The molecule has 3 nitrogen and oxygen atoms in total. The third kappa shape index (κ3) is 4.43. The van der Waals surface area contributed by atoms with Crippen LogP contribution >= 0.6 is 15.9 Å². The van der Waals surface area contributed by atoms with Gasteiger partial charge in [0.25, 0.3) is 0 Å². The van der Waals surface area contributed by atoms with Crippen LogP contribution < -0.4 is 4.74 Å². The second-order valence-corrected chi connectivity index (χ2v) is 5.09. The summed E-state index contributed by atoms with van der Waals surface area (Å²) in [6.45, 7) is 0.293. The number of hydrogen-bond acceptors (Lipinski definition) is 2. The van der Waals surface area contributed by atoms with Crippen LogP contribution in [0.1, 0.15) is 11.1 Å². The van der Waals surface area contributed by atoms with E-state index in [-0.39, 0.29) is 0 Å². The molecule has 0 atom stereocenters. The van der Waals surface area contributed by atoms with Crippen LogP contribution in [-0.4, -0.2) is 11.1 Å². The molecule has 0 heterocycles. The summed E-state index contributed by atoms with van der Waals surface area (Å²) in [5.41, 5.74) is 1.32. The Morgan fingerprint density at radius 3 is 2.76 bits per heavy atom. The SMILES string of the molecule is O=C(O)/C=C/c1cc(F)ccc1OCc1ccccc1Br. The smallest absolute Gasteiger partial charge is 0.328 e. The number of carboxylic acid groups (broad SMARTS) is 1. The number of carboxylic acids is 1. The van der Waals surface area contributed by atoms with E-state index < -0.39 is 11.8 Å². The van der Waals surface area contributed by atoms with Crippen molar-refractivity contribution in [1.82, 2.24) is 0 Å². The standard InChI is InChI=1S/C16H12BrFO3/c17-14-4-2-1-3-12(14)10-21-15-7-6-13(18)9-11(15)5-8-16(19)20/h1-9H,10H2,(H,19,20)/b8-5+. The topological polar surface area (TPSA) is 46.5 Å². The van der Waals surface area contributed by atoms with Gasteiger partial charge >= 0.3 is 5.97 Å². The fourth-order valence-electron chi connectivity index (χ4n) is 1.71. The normalized spacial score (nSPS) is 10.8. The van der Waals surface area contributed by atoms with Gasteiger partial charge in [-0.3, -0.25) is 0 Å². The van der Waals surface area contributed by atoms with E-state index in [1.54, 1.807) is 0 Å². The molecule has 0 saturated heterocycles. The Bertz CT molecular complexity index is 683. The zero-order valence-corrected chi connectivity index (χ0v) is 12.5. The number of hydrogen-bond donors (Lipinski definition) is 1. The minimum absolute atomic E-state index is 0.293. The van der Waals surface area contributed by atoms with E-state index in [4.69, 9.17) is 9.84 Å². The van der Waals surface area contributed by atoms with Gasteiger partial charge in [-0.25, -0.2) is 9.18 Å². The van der Waals surface area contributed by atoms with Crippen molar-refractivity contribution in [3.63, 3.8) is 0 Å². The van der Waals surface area contributed by atoms with Crippen molar-refractivity contribution in [1.29, 1.82) is 0 Å². The first-order chi connectivity index (χ1) is 10.1. The fraction of sp³-hybridized carbons (Fsp3) is 0.0625. The van der Waals surface area contributed by atoms with Crippen LogP contribution in [0.3, 0.4) is 0 Å². The molecule has 2 aromatic carbocycles. The lowest BCUT2D eigenvalue weighted by atomic mass is 10.1. The van der Waals surface area contributed by atoms with Crippen molar-refractivity contribution in [2.24, 2.45) is 0 Å². The van der Waals surface area contributed by atoms with Crippen LogP contribution in [0.2, 0.25) is 0 Å². The molecule has 0 unspecified atom stereocenters. The summed E-state index contributed by atoms with van der Waals surface area (Å²) in [5, 5.41) is 8.65. The fourth-order valence-corrected chi connectivity index (χ4v) is 2.11. The van der Waals surface area contributed by atoms with E-state index in [1.165, 1.54) is 24.3 Å². The summed E-state index contributed by atoms with van der Waals surface area (Å²) in [6, 6.07) is 11.6. The van der Waals surface area contributed by atoms with Gasteiger partial charge < -0.3 is 9.84 Å². The molecule has 1 N–H and O–H groups in total. The molecule has 21 heavy (non-hydrogen) atoms. The van der Waals surface area contributed by atoms with Crippen molar-refractivity contribution in [3.8, 4) is 5.75 Å². The molecule has 2 aromatic rings. The van der Waals surface area contributed by atoms with Gasteiger partial charge in [0.1, 0.15) is 18.2 Å². The molecule has 108 valence electrons. The van der Waals surface area contributed by atoms with E-state index in [2.05, 4.69) is 15.9 Å². The summed E-state index contributed by atoms with van der Waals surface area (Å²) in [5.74, 6) is -1.13. The highest BCUT2D eigenvalue weighted by Gasteiger charge is 2.05. The summed E-state index contributed by atoms with van der Waals surface area (Å²) in [4.78, 5) is 10.6. The third-order valence-electron chi connectivity index (χ3n) is 2.72. The average Bonchev–Trinajstić information content (AvgIpc) is 2.45. The number of aliphatic carboxylic acids is 1. The summed E-state index contributed by atoms with van der Waals surface area (Å²) in [6.07, 6.45) is 2.25. The highest BCUT2D eigenvalue weighted by molar-refractivity contribution is 9.10. The molecule has 0 amide bonds. The monoisotopic (exact) mass is 350 g/mol. The Labute approximate surface area is 129 Å². The molecular formula is C16H12BrFO3. The molecule has 0 fully saturated rings. The summed E-state index contributed by atoms with van der Waals surface area (Å²) in [7, 11) is 0. The summed E-state index contributed by atoms with van der Waals surface area (Å²) >= 11 is 3.42. The van der Waals surface area contributed by atoms with Crippen molar-refractivity contribution in [3.05, 3.63) is 70.0 Å². The maximum absolute atomic E-state index is 13.3. The van der Waals surface area contributed by atoms with Gasteiger partial charge in [0.2, 0.25) is 0 Å². The minimum atomic E-state index is -1.10. The first-order valence-electron chi connectivity index (χ1n) is 6.13. The molecular weight excluding hydrogens is 339 g/mol. The number of benzene rings is 2. The molecule has 5 heteroatoms. The minimum Gasteiger partial charge on any atom is -0.488 e. The van der Waals surface area contributed by atoms with Gasteiger partial charge in [0.15, 0.2) is 0 Å². The zero-order chi connectivity index (χ0) is 15.2. The highest BCUT2D eigenvalue weighted by Crippen LogP contribution is 2.24. The number of halogens is 2.